The lowest BCUT2D eigenvalue weighted by molar-refractivity contribution is -0.123. The molecule has 0 aliphatic rings. The normalized spacial score (nSPS) is 11.4. The van der Waals surface area contributed by atoms with Crippen molar-refractivity contribution in [2.24, 2.45) is 17.8 Å². The molecule has 0 saturated heterocycles. The van der Waals surface area contributed by atoms with Gasteiger partial charge in [-0.2, -0.15) is 16.8 Å². The van der Waals surface area contributed by atoms with E-state index in [1.807, 2.05) is 14.2 Å². The molecule has 0 fully saturated rings. The van der Waals surface area contributed by atoms with Gasteiger partial charge in [0.15, 0.2) is 0 Å². The van der Waals surface area contributed by atoms with Gasteiger partial charge in [-0.1, -0.05) is 94.0 Å². The highest BCUT2D eigenvalue weighted by Gasteiger charge is 2.26. The van der Waals surface area contributed by atoms with Gasteiger partial charge in [-0.15, -0.1) is 20.4 Å². The van der Waals surface area contributed by atoms with Crippen molar-refractivity contribution in [3.05, 3.63) is 65.2 Å². The second-order valence-electron chi connectivity index (χ2n) is 12.1. The summed E-state index contributed by atoms with van der Waals surface area (Å²) in [4.78, 5) is 56.9. The number of rotatable bonds is 12. The number of carbonyl (C=O) groups is 5. The molecular weight excluding hydrogens is 870 g/mol. The molecule has 4 aromatic rings. The Kier molecular flexibility index (Phi) is 17.8. The van der Waals surface area contributed by atoms with Crippen LogP contribution in [-0.4, -0.2) is 75.2 Å². The highest BCUT2D eigenvalue weighted by molar-refractivity contribution is 7.92. The Morgan fingerprint density at radius 3 is 1.33 bits per heavy atom. The number of amides is 5. The molecule has 0 aliphatic carbocycles. The minimum absolute atomic E-state index is 0.00711. The van der Waals surface area contributed by atoms with E-state index in [1.54, 1.807) is 71.9 Å². The quantitative estimate of drug-likeness (QED) is 0.128. The zero-order valence-corrected chi connectivity index (χ0v) is 36.0. The van der Waals surface area contributed by atoms with Crippen molar-refractivity contribution >= 4 is 104 Å². The fourth-order valence-corrected chi connectivity index (χ4v) is 8.49. The molecule has 2 aromatic carbocycles. The summed E-state index contributed by atoms with van der Waals surface area (Å²) in [7, 11) is -11.8. The summed E-state index contributed by atoms with van der Waals surface area (Å²) in [5.74, 6) is -4.00. The van der Waals surface area contributed by atoms with Gasteiger partial charge in [0.1, 0.15) is 0 Å². The number of aromatic nitrogens is 4. The lowest BCUT2D eigenvalue weighted by Gasteiger charge is -2.08. The summed E-state index contributed by atoms with van der Waals surface area (Å²) in [6, 6.07) is 13.9. The van der Waals surface area contributed by atoms with Crippen molar-refractivity contribution in [2.45, 2.75) is 62.0 Å². The van der Waals surface area contributed by atoms with E-state index in [0.717, 1.165) is 0 Å². The number of sulfonamides is 3. The van der Waals surface area contributed by atoms with E-state index >= 15 is 0 Å². The summed E-state index contributed by atoms with van der Waals surface area (Å²) in [5.41, 5.74) is 0.326. The molecule has 26 heteroatoms. The zero-order valence-electron chi connectivity index (χ0n) is 31.1. The molecule has 0 saturated carbocycles. The zero-order chi connectivity index (χ0) is 43.3. The summed E-state index contributed by atoms with van der Waals surface area (Å²) in [6.45, 7) is 10.8. The molecule has 20 nitrogen and oxygen atoms in total. The number of hydrogen-bond donors (Lipinski definition) is 5. The van der Waals surface area contributed by atoms with Gasteiger partial charge in [-0.3, -0.25) is 29.3 Å². The molecule has 57 heavy (non-hydrogen) atoms. The van der Waals surface area contributed by atoms with E-state index in [0.29, 0.717) is 33.3 Å². The summed E-state index contributed by atoms with van der Waals surface area (Å²) in [5, 5.41) is 19.2. The van der Waals surface area contributed by atoms with Gasteiger partial charge in [-0.05, 0) is 36.4 Å². The Morgan fingerprint density at radius 2 is 0.947 bits per heavy atom. The lowest BCUT2D eigenvalue weighted by Crippen LogP contribution is -2.33. The standard InChI is InChI=1S/C13H13ClN4O4S2.C10H13NO3S.C8H12N4O4S2/c1-7(2)10(19)18-24(21,22)13-17-16-12(23-13)15-11(20)8-3-5-9(14)6-4-8;1-8(2)10(12)11-15(13,14)9-6-4-3-5-7-9;1-4(2)6(14)12-18(15,16)8-11-10-7(17-8)9-5(3)13/h3-7H,1-2H3,(H,18,19)(H,15,16,20);3-8H,1-2H3,(H,11,12);4H,1-3H3,(H,12,14)(H,9,10,13). The van der Waals surface area contributed by atoms with Crippen LogP contribution in [0, 0.1) is 17.8 Å². The maximum Gasteiger partial charge on any atom is 0.293 e. The third-order valence-corrected chi connectivity index (χ3v) is 12.9. The van der Waals surface area contributed by atoms with Crippen LogP contribution >= 0.6 is 34.3 Å². The minimum atomic E-state index is -4.11. The van der Waals surface area contributed by atoms with Crippen LogP contribution in [0.5, 0.6) is 0 Å². The number of anilines is 2. The molecular formula is C31H38ClN9O11S5. The Bertz CT molecular complexity index is 2390. The molecule has 0 aliphatic heterocycles. The van der Waals surface area contributed by atoms with Crippen LogP contribution in [0.3, 0.4) is 0 Å². The average Bonchev–Trinajstić information content (AvgIpc) is 3.80. The van der Waals surface area contributed by atoms with Crippen molar-refractivity contribution in [3.63, 3.8) is 0 Å². The summed E-state index contributed by atoms with van der Waals surface area (Å²) >= 11 is 7.04. The number of nitrogens with one attached hydrogen (secondary N) is 5. The van der Waals surface area contributed by atoms with E-state index in [1.165, 1.54) is 31.2 Å². The van der Waals surface area contributed by atoms with Gasteiger partial charge >= 0.3 is 0 Å². The van der Waals surface area contributed by atoms with Crippen LogP contribution in [0.4, 0.5) is 10.3 Å². The van der Waals surface area contributed by atoms with E-state index in [4.69, 9.17) is 11.6 Å². The fourth-order valence-electron chi connectivity index (χ4n) is 3.16. The second kappa shape index (κ2) is 21.0. The average molecular weight is 908 g/mol. The SMILES string of the molecule is CC(=O)Nc1nnc(S(=O)(=O)NC(=O)C(C)C)s1.CC(C)C(=O)NS(=O)(=O)c1ccccc1.CC(C)C(=O)NS(=O)(=O)c1nnc(NC(=O)c2ccc(Cl)cc2)s1. The van der Waals surface area contributed by atoms with E-state index in [9.17, 15) is 49.2 Å². The highest BCUT2D eigenvalue weighted by Crippen LogP contribution is 2.22. The number of benzene rings is 2. The predicted molar refractivity (Wildman–Crippen MR) is 210 cm³/mol. The van der Waals surface area contributed by atoms with Crippen LogP contribution < -0.4 is 24.8 Å². The Labute approximate surface area is 341 Å². The Morgan fingerprint density at radius 1 is 0.561 bits per heavy atom. The van der Waals surface area contributed by atoms with Gasteiger partial charge in [0, 0.05) is 35.3 Å². The monoisotopic (exact) mass is 907 g/mol. The largest absolute Gasteiger partial charge is 0.301 e. The van der Waals surface area contributed by atoms with Crippen LogP contribution in [-0.2, 0) is 49.2 Å². The predicted octanol–water partition coefficient (Wildman–Crippen LogP) is 3.01. The molecule has 310 valence electrons. The smallest absolute Gasteiger partial charge is 0.293 e. The molecule has 2 aromatic heterocycles. The first kappa shape index (κ1) is 48.2. The van der Waals surface area contributed by atoms with Crippen LogP contribution in [0.1, 0.15) is 58.8 Å². The maximum absolute atomic E-state index is 12.0. The van der Waals surface area contributed by atoms with Crippen molar-refractivity contribution in [1.82, 2.24) is 34.6 Å². The number of nitrogens with zero attached hydrogens (tertiary/aromatic N) is 4. The minimum Gasteiger partial charge on any atom is -0.301 e. The van der Waals surface area contributed by atoms with Crippen LogP contribution in [0.15, 0.2) is 68.2 Å². The first-order valence-corrected chi connectivity index (χ1v) is 22.6. The van der Waals surface area contributed by atoms with Crippen molar-refractivity contribution in [1.29, 1.82) is 0 Å². The molecule has 4 rings (SSSR count). The Hall–Kier alpha value is -4.95. The maximum atomic E-state index is 12.0. The molecule has 0 bridgehead atoms. The molecule has 5 amide bonds. The molecule has 2 heterocycles. The third kappa shape index (κ3) is 15.8. The molecule has 0 radical (unpaired) electrons. The third-order valence-electron chi connectivity index (χ3n) is 6.21. The fraction of sp³-hybridized carbons (Fsp3) is 0.323. The lowest BCUT2D eigenvalue weighted by atomic mass is 10.2. The van der Waals surface area contributed by atoms with E-state index in [2.05, 4.69) is 31.0 Å². The van der Waals surface area contributed by atoms with Gasteiger partial charge in [0.2, 0.25) is 33.9 Å². The molecule has 0 spiro atoms. The topological polar surface area (TPSA) is 299 Å². The van der Waals surface area contributed by atoms with Gasteiger partial charge in [0.05, 0.1) is 4.90 Å². The molecule has 0 atom stereocenters. The molecule has 0 unspecified atom stereocenters. The van der Waals surface area contributed by atoms with Gasteiger partial charge in [0.25, 0.3) is 44.7 Å². The van der Waals surface area contributed by atoms with Crippen molar-refractivity contribution < 1.29 is 49.2 Å². The van der Waals surface area contributed by atoms with Crippen molar-refractivity contribution in [2.75, 3.05) is 10.6 Å². The van der Waals surface area contributed by atoms with Crippen molar-refractivity contribution in [3.8, 4) is 0 Å². The first-order valence-electron chi connectivity index (χ1n) is 16.1. The van der Waals surface area contributed by atoms with E-state index < -0.39 is 69.9 Å². The summed E-state index contributed by atoms with van der Waals surface area (Å²) < 4.78 is 75.6. The number of hydrogen-bond acceptors (Lipinski definition) is 17. The number of halogens is 1. The molecule has 5 N–H and O–H groups in total. The summed E-state index contributed by atoms with van der Waals surface area (Å²) in [6.07, 6.45) is 0. The van der Waals surface area contributed by atoms with Crippen LogP contribution in [0.25, 0.3) is 0 Å². The van der Waals surface area contributed by atoms with Crippen LogP contribution in [0.2, 0.25) is 5.02 Å². The van der Waals surface area contributed by atoms with E-state index in [-0.39, 0.29) is 31.3 Å². The van der Waals surface area contributed by atoms with Gasteiger partial charge < -0.3 is 5.32 Å². The number of carbonyl (C=O) groups excluding carboxylic acids is 5. The highest BCUT2D eigenvalue weighted by atomic mass is 35.5. The Balaban J connectivity index is 0.000000305. The second-order valence-corrected chi connectivity index (χ2v) is 19.9. The van der Waals surface area contributed by atoms with Gasteiger partial charge in [-0.25, -0.2) is 22.6 Å². The first-order chi connectivity index (χ1) is 26.3.